The maximum atomic E-state index is 5.89. The van der Waals surface area contributed by atoms with Crippen molar-refractivity contribution < 1.29 is 0 Å². The Hall–Kier alpha value is 0.387. The lowest BCUT2D eigenvalue weighted by Crippen LogP contribution is -2.57. The molecule has 0 amide bonds. The third-order valence-corrected chi connectivity index (χ3v) is 3.56. The standard InChI is InChI=1S/C9H24ClN3Si/c1-5-12(6-2)9(11-14-10)13(7-3)8-4/h9,11H,5-8,14H2,1-4H3. The molecule has 0 radical (unpaired) electrons. The maximum Gasteiger partial charge on any atom is 0.197 e. The Morgan fingerprint density at radius 3 is 1.57 bits per heavy atom. The van der Waals surface area contributed by atoms with Gasteiger partial charge >= 0.3 is 0 Å². The van der Waals surface area contributed by atoms with Gasteiger partial charge < -0.3 is 4.98 Å². The third-order valence-electron chi connectivity index (χ3n) is 2.58. The smallest absolute Gasteiger partial charge is 0.197 e. The summed E-state index contributed by atoms with van der Waals surface area (Å²) in [5.41, 5.74) is 0. The Bertz CT molecular complexity index is 117. The summed E-state index contributed by atoms with van der Waals surface area (Å²) in [5, 5.41) is 0. The molecule has 1 N–H and O–H groups in total. The number of rotatable bonds is 8. The minimum Gasteiger partial charge on any atom is -0.303 e. The molecule has 0 fully saturated rings. The molecule has 0 heterocycles. The summed E-state index contributed by atoms with van der Waals surface area (Å²) >= 11 is 5.89. The molecule has 0 saturated heterocycles. The lowest BCUT2D eigenvalue weighted by Gasteiger charge is -2.38. The van der Waals surface area contributed by atoms with Gasteiger partial charge in [-0.1, -0.05) is 27.7 Å². The Kier molecular flexibility index (Phi) is 8.92. The minimum atomic E-state index is -0.617. The SMILES string of the molecule is CCN(CC)C(N[SiH2]Cl)N(CC)CC. The molecule has 0 unspecified atom stereocenters. The van der Waals surface area contributed by atoms with E-state index in [1.165, 1.54) is 0 Å². The fourth-order valence-electron chi connectivity index (χ4n) is 1.70. The molecule has 3 nitrogen and oxygen atoms in total. The summed E-state index contributed by atoms with van der Waals surface area (Å²) in [6.45, 7) is 13.0. The van der Waals surface area contributed by atoms with Crippen LogP contribution in [0.5, 0.6) is 0 Å². The summed E-state index contributed by atoms with van der Waals surface area (Å²) in [6, 6.07) is 0. The molecule has 0 saturated carbocycles. The van der Waals surface area contributed by atoms with Gasteiger partial charge in [0, 0.05) is 0 Å². The van der Waals surface area contributed by atoms with Crippen LogP contribution in [0, 0.1) is 0 Å². The minimum absolute atomic E-state index is 0.337. The van der Waals surface area contributed by atoms with Crippen LogP contribution in [0.15, 0.2) is 0 Å². The molecule has 0 rings (SSSR count). The van der Waals surface area contributed by atoms with Gasteiger partial charge in [0.2, 0.25) is 0 Å². The molecular formula is C9H24ClN3Si. The number of nitrogens with zero attached hydrogens (tertiary/aromatic N) is 2. The number of hydrogen-bond acceptors (Lipinski definition) is 3. The fraction of sp³-hybridized carbons (Fsp3) is 1.00. The quantitative estimate of drug-likeness (QED) is 0.383. The topological polar surface area (TPSA) is 18.5 Å². The Labute approximate surface area is 95.4 Å². The highest BCUT2D eigenvalue weighted by atomic mass is 35.6. The highest BCUT2D eigenvalue weighted by molar-refractivity contribution is 6.92. The summed E-state index contributed by atoms with van der Waals surface area (Å²) in [6.07, 6.45) is 0.337. The Morgan fingerprint density at radius 2 is 1.36 bits per heavy atom. The molecular weight excluding hydrogens is 214 g/mol. The van der Waals surface area contributed by atoms with Gasteiger partial charge in [-0.25, -0.2) is 0 Å². The Morgan fingerprint density at radius 1 is 1.00 bits per heavy atom. The van der Waals surface area contributed by atoms with Crippen molar-refractivity contribution in [2.24, 2.45) is 0 Å². The largest absolute Gasteiger partial charge is 0.303 e. The van der Waals surface area contributed by atoms with Crippen molar-refractivity contribution >= 4 is 20.1 Å². The van der Waals surface area contributed by atoms with Gasteiger partial charge in [-0.3, -0.25) is 9.80 Å². The highest BCUT2D eigenvalue weighted by Gasteiger charge is 2.19. The molecule has 0 aromatic rings. The monoisotopic (exact) mass is 237 g/mol. The van der Waals surface area contributed by atoms with Crippen molar-refractivity contribution in [1.82, 2.24) is 14.8 Å². The van der Waals surface area contributed by atoms with Crippen LogP contribution < -0.4 is 4.98 Å². The molecule has 5 heteroatoms. The molecule has 0 spiro atoms. The van der Waals surface area contributed by atoms with E-state index in [0.29, 0.717) is 6.29 Å². The second-order valence-electron chi connectivity index (χ2n) is 3.15. The van der Waals surface area contributed by atoms with Gasteiger partial charge in [0.05, 0.1) is 0 Å². The average Bonchev–Trinajstić information content (AvgIpc) is 2.21. The predicted molar refractivity (Wildman–Crippen MR) is 67.2 cm³/mol. The van der Waals surface area contributed by atoms with E-state index in [9.17, 15) is 0 Å². The van der Waals surface area contributed by atoms with Crippen LogP contribution in [0.25, 0.3) is 0 Å². The van der Waals surface area contributed by atoms with E-state index >= 15 is 0 Å². The van der Waals surface area contributed by atoms with Crippen molar-refractivity contribution in [3.63, 3.8) is 0 Å². The van der Waals surface area contributed by atoms with Crippen LogP contribution >= 0.6 is 11.1 Å². The second-order valence-corrected chi connectivity index (χ2v) is 4.63. The Balaban J connectivity index is 4.36. The van der Waals surface area contributed by atoms with Crippen LogP contribution in [-0.4, -0.2) is 51.3 Å². The first kappa shape index (κ1) is 14.4. The van der Waals surface area contributed by atoms with Crippen LogP contribution in [0.3, 0.4) is 0 Å². The first-order chi connectivity index (χ1) is 6.74. The molecule has 0 atom stereocenters. The van der Waals surface area contributed by atoms with E-state index in [2.05, 4.69) is 42.5 Å². The van der Waals surface area contributed by atoms with E-state index < -0.39 is 8.99 Å². The fourth-order valence-corrected chi connectivity index (χ4v) is 2.77. The predicted octanol–water partition coefficient (Wildman–Crippen LogP) is 0.781. The summed E-state index contributed by atoms with van der Waals surface area (Å²) in [5.74, 6) is 0. The van der Waals surface area contributed by atoms with Gasteiger partial charge in [0.1, 0.15) is 6.29 Å². The zero-order valence-electron chi connectivity index (χ0n) is 9.89. The molecule has 14 heavy (non-hydrogen) atoms. The number of halogens is 1. The maximum absolute atomic E-state index is 5.89. The van der Waals surface area contributed by atoms with E-state index in [4.69, 9.17) is 11.1 Å². The van der Waals surface area contributed by atoms with Crippen molar-refractivity contribution in [2.75, 3.05) is 26.2 Å². The third kappa shape index (κ3) is 4.27. The first-order valence-corrected chi connectivity index (χ1v) is 8.36. The van der Waals surface area contributed by atoms with Crippen molar-refractivity contribution in [3.8, 4) is 0 Å². The summed E-state index contributed by atoms with van der Waals surface area (Å²) in [7, 11) is -0.617. The molecule has 0 aromatic heterocycles. The van der Waals surface area contributed by atoms with Gasteiger partial charge in [-0.2, -0.15) is 11.1 Å². The summed E-state index contributed by atoms with van der Waals surface area (Å²) in [4.78, 5) is 8.25. The van der Waals surface area contributed by atoms with E-state index in [1.807, 2.05) is 0 Å². The van der Waals surface area contributed by atoms with E-state index in [0.717, 1.165) is 26.2 Å². The van der Waals surface area contributed by atoms with E-state index in [1.54, 1.807) is 0 Å². The van der Waals surface area contributed by atoms with Gasteiger partial charge in [0.25, 0.3) is 0 Å². The van der Waals surface area contributed by atoms with Gasteiger partial charge in [-0.15, -0.1) is 0 Å². The zero-order valence-corrected chi connectivity index (χ0v) is 12.1. The first-order valence-electron chi connectivity index (χ1n) is 5.52. The lowest BCUT2D eigenvalue weighted by molar-refractivity contribution is 0.0484. The van der Waals surface area contributed by atoms with Crippen molar-refractivity contribution in [3.05, 3.63) is 0 Å². The molecule has 0 aliphatic carbocycles. The van der Waals surface area contributed by atoms with Crippen LogP contribution in [0.1, 0.15) is 27.7 Å². The highest BCUT2D eigenvalue weighted by Crippen LogP contribution is 2.02. The van der Waals surface area contributed by atoms with Crippen molar-refractivity contribution in [1.29, 1.82) is 0 Å². The van der Waals surface area contributed by atoms with Crippen LogP contribution in [0.2, 0.25) is 0 Å². The molecule has 0 aliphatic heterocycles. The molecule has 0 aliphatic rings. The molecule has 0 aromatic carbocycles. The van der Waals surface area contributed by atoms with Crippen molar-refractivity contribution in [2.45, 2.75) is 34.0 Å². The summed E-state index contributed by atoms with van der Waals surface area (Å²) < 4.78 is 0. The van der Waals surface area contributed by atoms with E-state index in [-0.39, 0.29) is 0 Å². The van der Waals surface area contributed by atoms with Gasteiger partial charge in [0.15, 0.2) is 8.99 Å². The number of nitrogens with one attached hydrogen (secondary N) is 1. The number of hydrogen-bond donors (Lipinski definition) is 1. The second kappa shape index (κ2) is 8.68. The normalized spacial score (nSPS) is 12.9. The molecule has 0 bridgehead atoms. The molecule has 86 valence electrons. The lowest BCUT2D eigenvalue weighted by atomic mass is 10.4. The average molecular weight is 238 g/mol. The van der Waals surface area contributed by atoms with Crippen LogP contribution in [-0.2, 0) is 0 Å². The zero-order chi connectivity index (χ0) is 11.0. The van der Waals surface area contributed by atoms with Crippen LogP contribution in [0.4, 0.5) is 0 Å². The van der Waals surface area contributed by atoms with Gasteiger partial charge in [-0.05, 0) is 26.2 Å².